The van der Waals surface area contributed by atoms with Gasteiger partial charge in [0, 0.05) is 15.9 Å². The van der Waals surface area contributed by atoms with Crippen LogP contribution in [0.2, 0.25) is 0 Å². The molecule has 0 aliphatic carbocycles. The van der Waals surface area contributed by atoms with Crippen molar-refractivity contribution >= 4 is 30.7 Å². The maximum absolute atomic E-state index is 11.9. The molecular weight excluding hydrogens is 340 g/mol. The van der Waals surface area contributed by atoms with Crippen LogP contribution < -0.4 is 15.9 Å². The van der Waals surface area contributed by atoms with Gasteiger partial charge in [0.25, 0.3) is 0 Å². The van der Waals surface area contributed by atoms with Gasteiger partial charge in [0.15, 0.2) is 0 Å². The van der Waals surface area contributed by atoms with Crippen LogP contribution in [-0.2, 0) is 4.57 Å². The lowest BCUT2D eigenvalue weighted by molar-refractivity contribution is 0.376. The molecule has 0 aliphatic heterocycles. The largest absolute Gasteiger partial charge is 0.448 e. The van der Waals surface area contributed by atoms with E-state index in [0.717, 1.165) is 15.9 Å². The van der Waals surface area contributed by atoms with Gasteiger partial charge >= 0.3 is 7.75 Å². The van der Waals surface area contributed by atoms with Gasteiger partial charge in [-0.05, 0) is 0 Å². The SMILES string of the molecule is O=P(O)(O)N=P(c1ccccc1)(c1ccccc1)c1ccccc1. The van der Waals surface area contributed by atoms with E-state index in [1.54, 1.807) is 0 Å². The van der Waals surface area contributed by atoms with Crippen LogP contribution >= 0.6 is 14.8 Å². The molecule has 0 saturated heterocycles. The Morgan fingerprint density at radius 2 is 0.875 bits per heavy atom. The molecule has 2 N–H and O–H groups in total. The van der Waals surface area contributed by atoms with Crippen LogP contribution in [0.25, 0.3) is 0 Å². The van der Waals surface area contributed by atoms with Gasteiger partial charge in [0.2, 0.25) is 0 Å². The third kappa shape index (κ3) is 3.43. The topological polar surface area (TPSA) is 69.9 Å². The number of hydrogen-bond donors (Lipinski definition) is 2. The molecule has 0 aromatic heterocycles. The molecule has 3 rings (SSSR count). The van der Waals surface area contributed by atoms with Gasteiger partial charge < -0.3 is 9.79 Å². The van der Waals surface area contributed by atoms with Crippen LogP contribution in [0.1, 0.15) is 0 Å². The summed E-state index contributed by atoms with van der Waals surface area (Å²) in [5, 5.41) is 2.43. The van der Waals surface area contributed by atoms with E-state index in [-0.39, 0.29) is 0 Å². The van der Waals surface area contributed by atoms with Crippen LogP contribution in [-0.4, -0.2) is 9.79 Å². The molecule has 0 heterocycles. The average molecular weight is 357 g/mol. The first-order valence-corrected chi connectivity index (χ1v) is 10.7. The molecule has 4 nitrogen and oxygen atoms in total. The Labute approximate surface area is 141 Å². The van der Waals surface area contributed by atoms with Crippen molar-refractivity contribution in [1.29, 1.82) is 0 Å². The van der Waals surface area contributed by atoms with E-state index in [1.165, 1.54) is 0 Å². The molecular formula is C18H17NO3P2. The Morgan fingerprint density at radius 1 is 0.583 bits per heavy atom. The third-order valence-electron chi connectivity index (χ3n) is 3.64. The quantitative estimate of drug-likeness (QED) is 0.704. The molecule has 3 aromatic carbocycles. The molecule has 24 heavy (non-hydrogen) atoms. The maximum Gasteiger partial charge on any atom is 0.448 e. The van der Waals surface area contributed by atoms with Gasteiger partial charge in [-0.1, -0.05) is 91.0 Å². The Bertz CT molecular complexity index is 803. The van der Waals surface area contributed by atoms with Gasteiger partial charge in [-0.2, -0.15) is 4.52 Å². The third-order valence-corrected chi connectivity index (χ3v) is 8.78. The van der Waals surface area contributed by atoms with Crippen molar-refractivity contribution in [3.05, 3.63) is 91.0 Å². The van der Waals surface area contributed by atoms with Crippen molar-refractivity contribution in [2.45, 2.75) is 0 Å². The summed E-state index contributed by atoms with van der Waals surface area (Å²) in [6.45, 7) is 0. The second-order valence-corrected chi connectivity index (χ2v) is 9.81. The van der Waals surface area contributed by atoms with Gasteiger partial charge in [0.05, 0.1) is 7.05 Å². The lowest BCUT2D eigenvalue weighted by Crippen LogP contribution is -2.25. The van der Waals surface area contributed by atoms with E-state index < -0.39 is 14.8 Å². The molecule has 3 aromatic rings. The minimum Gasteiger partial charge on any atom is -0.307 e. The van der Waals surface area contributed by atoms with E-state index in [1.807, 2.05) is 91.0 Å². The van der Waals surface area contributed by atoms with Gasteiger partial charge in [-0.25, -0.2) is 4.57 Å². The Hall–Kier alpha value is -1.96. The summed E-state index contributed by atoms with van der Waals surface area (Å²) in [6, 6.07) is 28.1. The smallest absolute Gasteiger partial charge is 0.307 e. The molecule has 0 atom stereocenters. The molecule has 6 heteroatoms. The fraction of sp³-hybridized carbons (Fsp3) is 0. The average Bonchev–Trinajstić information content (AvgIpc) is 2.61. The minimum absolute atomic E-state index is 0.811. The fourth-order valence-electron chi connectivity index (χ4n) is 2.71. The lowest BCUT2D eigenvalue weighted by Gasteiger charge is -2.26. The minimum atomic E-state index is -4.61. The summed E-state index contributed by atoms with van der Waals surface area (Å²) in [6.07, 6.45) is 0. The molecule has 0 amide bonds. The first kappa shape index (κ1) is 16.9. The van der Waals surface area contributed by atoms with Crippen molar-refractivity contribution in [3.8, 4) is 0 Å². The highest BCUT2D eigenvalue weighted by Gasteiger charge is 2.31. The van der Waals surface area contributed by atoms with E-state index in [4.69, 9.17) is 0 Å². The molecule has 0 aliphatic rings. The second-order valence-electron chi connectivity index (χ2n) is 5.24. The Balaban J connectivity index is 2.48. The molecule has 0 unspecified atom stereocenters. The van der Waals surface area contributed by atoms with Crippen molar-refractivity contribution in [1.82, 2.24) is 0 Å². The predicted octanol–water partition coefficient (Wildman–Crippen LogP) is 3.26. The normalized spacial score (nSPS) is 11.9. The van der Waals surface area contributed by atoms with Gasteiger partial charge in [-0.3, -0.25) is 0 Å². The van der Waals surface area contributed by atoms with Crippen LogP contribution in [0.4, 0.5) is 0 Å². The van der Waals surface area contributed by atoms with Crippen LogP contribution in [0.15, 0.2) is 95.5 Å². The van der Waals surface area contributed by atoms with Crippen LogP contribution in [0.5, 0.6) is 0 Å². The summed E-state index contributed by atoms with van der Waals surface area (Å²) in [7, 11) is -7.42. The summed E-state index contributed by atoms with van der Waals surface area (Å²) in [5.41, 5.74) is 0. The summed E-state index contributed by atoms with van der Waals surface area (Å²) in [4.78, 5) is 19.4. The highest BCUT2D eigenvalue weighted by atomic mass is 31.2. The number of rotatable bonds is 4. The first-order chi connectivity index (χ1) is 11.5. The van der Waals surface area contributed by atoms with Crippen molar-refractivity contribution in [2.24, 2.45) is 4.52 Å². The van der Waals surface area contributed by atoms with Crippen LogP contribution in [0, 0.1) is 0 Å². The molecule has 122 valence electrons. The number of hydrogen-bond acceptors (Lipinski definition) is 1. The zero-order valence-corrected chi connectivity index (χ0v) is 14.6. The first-order valence-electron chi connectivity index (χ1n) is 7.39. The maximum atomic E-state index is 11.9. The number of nitrogens with zero attached hydrogens (tertiary/aromatic N) is 1. The van der Waals surface area contributed by atoms with Crippen LogP contribution in [0.3, 0.4) is 0 Å². The molecule has 0 radical (unpaired) electrons. The van der Waals surface area contributed by atoms with Crippen molar-refractivity contribution < 1.29 is 14.4 Å². The molecule has 0 bridgehead atoms. The Kier molecular flexibility index (Phi) is 4.84. The van der Waals surface area contributed by atoms with Crippen molar-refractivity contribution in [3.63, 3.8) is 0 Å². The van der Waals surface area contributed by atoms with E-state index in [2.05, 4.69) is 4.52 Å². The summed E-state index contributed by atoms with van der Waals surface area (Å²) < 4.78 is 16.1. The van der Waals surface area contributed by atoms with E-state index in [0.29, 0.717) is 0 Å². The second kappa shape index (κ2) is 6.88. The zero-order valence-electron chi connectivity index (χ0n) is 12.8. The van der Waals surface area contributed by atoms with Crippen molar-refractivity contribution in [2.75, 3.05) is 0 Å². The van der Waals surface area contributed by atoms with Gasteiger partial charge in [0.1, 0.15) is 0 Å². The summed E-state index contributed by atoms with van der Waals surface area (Å²) >= 11 is 0. The fourth-order valence-corrected chi connectivity index (χ4v) is 8.05. The highest BCUT2D eigenvalue weighted by Crippen LogP contribution is 2.56. The van der Waals surface area contributed by atoms with E-state index in [9.17, 15) is 14.4 Å². The monoisotopic (exact) mass is 357 g/mol. The summed E-state index contributed by atoms with van der Waals surface area (Å²) in [5.74, 6) is 0. The van der Waals surface area contributed by atoms with Gasteiger partial charge in [-0.15, -0.1) is 0 Å². The standard InChI is InChI=1S/C18H17NO3P2/c20-24(21,22)19-23(16-10-4-1-5-11-16,17-12-6-2-7-13-17)18-14-8-3-9-15-18/h1-15H,(H2,20,21,22). The number of benzene rings is 3. The lowest BCUT2D eigenvalue weighted by atomic mass is 10.4. The highest BCUT2D eigenvalue weighted by molar-refractivity contribution is 7.90. The van der Waals surface area contributed by atoms with E-state index >= 15 is 0 Å². The molecule has 0 saturated carbocycles. The molecule has 0 fully saturated rings. The molecule has 0 spiro atoms. The Morgan fingerprint density at radius 3 is 1.12 bits per heavy atom. The predicted molar refractivity (Wildman–Crippen MR) is 99.6 cm³/mol. The zero-order chi connectivity index (χ0) is 17.0.